The van der Waals surface area contributed by atoms with E-state index in [-0.39, 0.29) is 28.6 Å². The first-order valence-electron chi connectivity index (χ1n) is 5.80. The van der Waals surface area contributed by atoms with Gasteiger partial charge < -0.3 is 15.2 Å². The molecule has 108 valence electrons. The van der Waals surface area contributed by atoms with Crippen molar-refractivity contribution in [1.82, 2.24) is 4.98 Å². The van der Waals surface area contributed by atoms with Crippen LogP contribution < -0.4 is 10.1 Å². The van der Waals surface area contributed by atoms with Crippen LogP contribution in [0.25, 0.3) is 0 Å². The lowest BCUT2D eigenvalue weighted by Gasteiger charge is -2.09. The van der Waals surface area contributed by atoms with E-state index >= 15 is 0 Å². The number of carbonyl (C=O) groups is 1. The largest absolute Gasteiger partial charge is 0.506 e. The molecule has 0 spiro atoms. The van der Waals surface area contributed by atoms with Gasteiger partial charge in [0.05, 0.1) is 17.7 Å². The van der Waals surface area contributed by atoms with Gasteiger partial charge in [-0.3, -0.25) is 14.9 Å². The second-order valence-electron chi connectivity index (χ2n) is 3.97. The highest BCUT2D eigenvalue weighted by Crippen LogP contribution is 2.28. The summed E-state index contributed by atoms with van der Waals surface area (Å²) in [6.45, 7) is 0. The number of phenolic OH excluding ortho intramolecular Hbond substituents is 1. The Morgan fingerprint density at radius 2 is 2.19 bits per heavy atom. The van der Waals surface area contributed by atoms with Crippen molar-refractivity contribution >= 4 is 17.3 Å². The summed E-state index contributed by atoms with van der Waals surface area (Å²) in [4.78, 5) is 26.1. The number of amides is 1. The third-order valence-electron chi connectivity index (χ3n) is 2.65. The van der Waals surface area contributed by atoms with E-state index in [0.717, 1.165) is 18.2 Å². The zero-order chi connectivity index (χ0) is 15.4. The van der Waals surface area contributed by atoms with Crippen molar-refractivity contribution in [3.63, 3.8) is 0 Å². The fourth-order valence-electron chi connectivity index (χ4n) is 1.65. The molecule has 0 aliphatic heterocycles. The normalized spacial score (nSPS) is 9.95. The molecule has 2 rings (SSSR count). The predicted molar refractivity (Wildman–Crippen MR) is 73.5 cm³/mol. The minimum absolute atomic E-state index is 0.0693. The van der Waals surface area contributed by atoms with Gasteiger partial charge >= 0.3 is 0 Å². The predicted octanol–water partition coefficient (Wildman–Crippen LogP) is 1.96. The monoisotopic (exact) mass is 289 g/mol. The number of ether oxygens (including phenoxy) is 1. The van der Waals surface area contributed by atoms with Crippen LogP contribution in [0.3, 0.4) is 0 Å². The molecule has 8 nitrogen and oxygen atoms in total. The maximum Gasteiger partial charge on any atom is 0.271 e. The number of aromatic hydroxyl groups is 1. The van der Waals surface area contributed by atoms with Crippen LogP contribution in [0.4, 0.5) is 11.4 Å². The zero-order valence-corrected chi connectivity index (χ0v) is 10.9. The highest BCUT2D eigenvalue weighted by molar-refractivity contribution is 6.06. The molecule has 1 amide bonds. The summed E-state index contributed by atoms with van der Waals surface area (Å²) in [5, 5.41) is 22.7. The number of carbonyl (C=O) groups excluding carboxylic acids is 1. The Bertz CT molecular complexity index is 702. The number of non-ortho nitro benzene ring substituents is 1. The van der Waals surface area contributed by atoms with Crippen molar-refractivity contribution in [2.75, 3.05) is 12.4 Å². The molecular formula is C13H11N3O5. The number of phenols is 1. The average molecular weight is 289 g/mol. The third kappa shape index (κ3) is 3.06. The summed E-state index contributed by atoms with van der Waals surface area (Å²) in [6.07, 6.45) is 1.46. The molecule has 0 aliphatic rings. The van der Waals surface area contributed by atoms with E-state index in [2.05, 4.69) is 10.3 Å². The minimum Gasteiger partial charge on any atom is -0.506 e. The van der Waals surface area contributed by atoms with Crippen LogP contribution in [-0.4, -0.2) is 28.0 Å². The lowest BCUT2D eigenvalue weighted by molar-refractivity contribution is -0.384. The first-order chi connectivity index (χ1) is 10.0. The number of nitro groups is 1. The number of rotatable bonds is 4. The Labute approximate surface area is 119 Å². The lowest BCUT2D eigenvalue weighted by Crippen LogP contribution is -2.14. The SMILES string of the molecule is COc1ncccc1C(=O)Nc1cc([N+](=O)[O-])ccc1O. The molecule has 2 N–H and O–H groups in total. The van der Waals surface area contributed by atoms with Crippen molar-refractivity contribution in [3.05, 3.63) is 52.2 Å². The van der Waals surface area contributed by atoms with Crippen molar-refractivity contribution in [3.8, 4) is 11.6 Å². The van der Waals surface area contributed by atoms with Gasteiger partial charge in [0.15, 0.2) is 0 Å². The number of aromatic nitrogens is 1. The molecule has 0 saturated heterocycles. The van der Waals surface area contributed by atoms with Gasteiger partial charge in [0.2, 0.25) is 5.88 Å². The van der Waals surface area contributed by atoms with E-state index < -0.39 is 10.8 Å². The molecule has 0 bridgehead atoms. The molecule has 1 aromatic heterocycles. The molecule has 0 radical (unpaired) electrons. The first-order valence-corrected chi connectivity index (χ1v) is 5.80. The smallest absolute Gasteiger partial charge is 0.271 e. The first kappa shape index (κ1) is 14.3. The topological polar surface area (TPSA) is 115 Å². The van der Waals surface area contributed by atoms with Crippen molar-refractivity contribution in [1.29, 1.82) is 0 Å². The number of anilines is 1. The molecule has 2 aromatic rings. The van der Waals surface area contributed by atoms with E-state index in [1.807, 2.05) is 0 Å². The average Bonchev–Trinajstić information content (AvgIpc) is 2.49. The zero-order valence-electron chi connectivity index (χ0n) is 10.9. The number of hydrogen-bond acceptors (Lipinski definition) is 6. The van der Waals surface area contributed by atoms with Gasteiger partial charge in [-0.05, 0) is 18.2 Å². The van der Waals surface area contributed by atoms with Gasteiger partial charge in [-0.25, -0.2) is 4.98 Å². The van der Waals surface area contributed by atoms with Crippen LogP contribution in [0.5, 0.6) is 11.6 Å². The number of methoxy groups -OCH3 is 1. The van der Waals surface area contributed by atoms with Gasteiger partial charge in [-0.1, -0.05) is 0 Å². The lowest BCUT2D eigenvalue weighted by atomic mass is 10.2. The molecule has 0 saturated carbocycles. The number of hydrogen-bond donors (Lipinski definition) is 2. The number of nitrogens with one attached hydrogen (secondary N) is 1. The maximum absolute atomic E-state index is 12.1. The maximum atomic E-state index is 12.1. The van der Waals surface area contributed by atoms with Gasteiger partial charge in [0, 0.05) is 18.3 Å². The fourth-order valence-corrected chi connectivity index (χ4v) is 1.65. The second-order valence-corrected chi connectivity index (χ2v) is 3.97. The molecule has 21 heavy (non-hydrogen) atoms. The Morgan fingerprint density at radius 3 is 2.86 bits per heavy atom. The summed E-state index contributed by atoms with van der Waals surface area (Å²) in [7, 11) is 1.37. The second kappa shape index (κ2) is 5.87. The van der Waals surface area contributed by atoms with E-state index in [4.69, 9.17) is 4.74 Å². The quantitative estimate of drug-likeness (QED) is 0.505. The van der Waals surface area contributed by atoms with Gasteiger partial charge in [-0.15, -0.1) is 0 Å². The molecule has 8 heteroatoms. The van der Waals surface area contributed by atoms with Crippen LogP contribution in [0, 0.1) is 10.1 Å². The highest BCUT2D eigenvalue weighted by atomic mass is 16.6. The summed E-state index contributed by atoms with van der Waals surface area (Å²) in [6, 6.07) is 6.36. The van der Waals surface area contributed by atoms with Gasteiger partial charge in [0.1, 0.15) is 11.3 Å². The van der Waals surface area contributed by atoms with Crippen molar-refractivity contribution in [2.45, 2.75) is 0 Å². The molecule has 1 heterocycles. The number of benzene rings is 1. The van der Waals surface area contributed by atoms with Crippen LogP contribution in [0.1, 0.15) is 10.4 Å². The van der Waals surface area contributed by atoms with Crippen LogP contribution in [-0.2, 0) is 0 Å². The third-order valence-corrected chi connectivity index (χ3v) is 2.65. The van der Waals surface area contributed by atoms with Crippen molar-refractivity contribution < 1.29 is 19.6 Å². The Morgan fingerprint density at radius 1 is 1.43 bits per heavy atom. The summed E-state index contributed by atoms with van der Waals surface area (Å²) in [5.41, 5.74) is -0.174. The van der Waals surface area contributed by atoms with E-state index in [9.17, 15) is 20.0 Å². The van der Waals surface area contributed by atoms with Crippen LogP contribution >= 0.6 is 0 Å². The standard InChI is InChI=1S/C13H11N3O5/c1-21-13-9(3-2-6-14-13)12(18)15-10-7-8(16(19)20)4-5-11(10)17/h2-7,17H,1H3,(H,15,18). The summed E-state index contributed by atoms with van der Waals surface area (Å²) in [5.74, 6) is -0.771. The van der Waals surface area contributed by atoms with Crippen LogP contribution in [0.15, 0.2) is 36.5 Å². The van der Waals surface area contributed by atoms with Gasteiger partial charge in [-0.2, -0.15) is 0 Å². The van der Waals surface area contributed by atoms with E-state index in [1.165, 1.54) is 19.4 Å². The Balaban J connectivity index is 2.31. The van der Waals surface area contributed by atoms with E-state index in [1.54, 1.807) is 6.07 Å². The Hall–Kier alpha value is -3.16. The molecule has 0 fully saturated rings. The molecular weight excluding hydrogens is 278 g/mol. The molecule has 1 aromatic carbocycles. The van der Waals surface area contributed by atoms with Gasteiger partial charge in [0.25, 0.3) is 11.6 Å². The minimum atomic E-state index is -0.625. The summed E-state index contributed by atoms with van der Waals surface area (Å²) >= 11 is 0. The highest BCUT2D eigenvalue weighted by Gasteiger charge is 2.16. The molecule has 0 unspecified atom stereocenters. The van der Waals surface area contributed by atoms with Crippen LogP contribution in [0.2, 0.25) is 0 Å². The Kier molecular flexibility index (Phi) is 3.98. The summed E-state index contributed by atoms with van der Waals surface area (Å²) < 4.78 is 4.95. The number of pyridine rings is 1. The van der Waals surface area contributed by atoms with E-state index in [0.29, 0.717) is 0 Å². The molecule has 0 aliphatic carbocycles. The fraction of sp³-hybridized carbons (Fsp3) is 0.0769. The number of nitrogens with zero attached hydrogens (tertiary/aromatic N) is 2. The number of nitro benzene ring substituents is 1. The molecule has 0 atom stereocenters. The van der Waals surface area contributed by atoms with Crippen molar-refractivity contribution in [2.24, 2.45) is 0 Å².